The standard InChI is InChI=1S/C39H46N4/c1-9-25-22(7)36-35(24-18-16-15-17-19-24)37-23(8)26(10-2)38(43-37)39-30(14-6)29(13-5)34(42-39)21-33-28(12-4)27(11-3)32(40-33)20-31(25)41-36/h15-21,40-42H,9-14H2,1-8H3. The van der Waals surface area contributed by atoms with Crippen LogP contribution in [0.4, 0.5) is 0 Å². The molecule has 0 fully saturated rings. The van der Waals surface area contributed by atoms with Gasteiger partial charge in [-0.05, 0) is 115 Å². The van der Waals surface area contributed by atoms with E-state index in [2.05, 4.69) is 113 Å². The number of nitrogens with zero attached hydrogens (tertiary/aromatic N) is 1. The molecule has 5 aromatic rings. The van der Waals surface area contributed by atoms with Crippen molar-refractivity contribution in [3.05, 3.63) is 87.2 Å². The SMILES string of the molecule is CCC1=C(C)c2nc1c1[nH]c(cc3[nH]c(cc4[nH]c(c(C)c4CC)c2-c2ccccc2)c(CC)c3CC)c(CC)c1CC. The van der Waals surface area contributed by atoms with E-state index in [1.807, 2.05) is 0 Å². The van der Waals surface area contributed by atoms with E-state index < -0.39 is 0 Å². The minimum atomic E-state index is 0.932. The summed E-state index contributed by atoms with van der Waals surface area (Å²) in [5.74, 6) is 0. The Balaban J connectivity index is 1.96. The molecule has 0 spiro atoms. The number of aryl methyl sites for hydroxylation is 6. The van der Waals surface area contributed by atoms with E-state index in [1.54, 1.807) is 0 Å². The van der Waals surface area contributed by atoms with Gasteiger partial charge in [-0.15, -0.1) is 0 Å². The maximum Gasteiger partial charge on any atom is 0.0910 e. The molecule has 43 heavy (non-hydrogen) atoms. The van der Waals surface area contributed by atoms with E-state index in [4.69, 9.17) is 4.98 Å². The van der Waals surface area contributed by atoms with Gasteiger partial charge < -0.3 is 15.0 Å². The van der Waals surface area contributed by atoms with E-state index in [0.717, 1.165) is 49.9 Å². The van der Waals surface area contributed by atoms with Crippen molar-refractivity contribution in [2.75, 3.05) is 0 Å². The molecule has 0 aliphatic carbocycles. The molecule has 0 radical (unpaired) electrons. The zero-order valence-electron chi connectivity index (χ0n) is 27.2. The van der Waals surface area contributed by atoms with Gasteiger partial charge in [-0.2, -0.15) is 0 Å². The van der Waals surface area contributed by atoms with Gasteiger partial charge in [0.15, 0.2) is 0 Å². The molecule has 6 rings (SSSR count). The third-order valence-corrected chi connectivity index (χ3v) is 9.75. The van der Waals surface area contributed by atoms with E-state index in [0.29, 0.717) is 0 Å². The van der Waals surface area contributed by atoms with E-state index in [-0.39, 0.29) is 0 Å². The number of H-pyrrole nitrogens is 3. The van der Waals surface area contributed by atoms with Gasteiger partial charge >= 0.3 is 0 Å². The molecular weight excluding hydrogens is 524 g/mol. The molecule has 1 aliphatic heterocycles. The van der Waals surface area contributed by atoms with Crippen LogP contribution in [0.1, 0.15) is 99.7 Å². The monoisotopic (exact) mass is 570 g/mol. The predicted octanol–water partition coefficient (Wildman–Crippen LogP) is 10.7. The first-order chi connectivity index (χ1) is 20.9. The van der Waals surface area contributed by atoms with Gasteiger partial charge in [0.1, 0.15) is 0 Å². The minimum absolute atomic E-state index is 0.932. The molecular formula is C39H46N4. The Morgan fingerprint density at radius 1 is 0.535 bits per heavy atom. The number of hydrogen-bond acceptors (Lipinski definition) is 1. The number of nitrogens with one attached hydrogen (secondary N) is 3. The first kappa shape index (κ1) is 29.0. The van der Waals surface area contributed by atoms with Crippen molar-refractivity contribution in [2.45, 2.75) is 93.9 Å². The Hall–Kier alpha value is -4.05. The molecule has 0 unspecified atom stereocenters. The van der Waals surface area contributed by atoms with Crippen LogP contribution in [0.3, 0.4) is 0 Å². The number of aromatic nitrogens is 4. The molecule has 0 amide bonds. The molecule has 8 bridgehead atoms. The summed E-state index contributed by atoms with van der Waals surface area (Å²) in [6, 6.07) is 15.6. The highest BCUT2D eigenvalue weighted by Crippen LogP contribution is 2.42. The first-order valence-corrected chi connectivity index (χ1v) is 16.4. The van der Waals surface area contributed by atoms with Crippen LogP contribution in [0.2, 0.25) is 0 Å². The van der Waals surface area contributed by atoms with Gasteiger partial charge in [0, 0.05) is 27.6 Å². The smallest absolute Gasteiger partial charge is 0.0910 e. The van der Waals surface area contributed by atoms with Crippen LogP contribution in [-0.2, 0) is 32.1 Å². The number of aromatic amines is 3. The van der Waals surface area contributed by atoms with E-state index >= 15 is 0 Å². The number of benzene rings is 1. The second-order valence-corrected chi connectivity index (χ2v) is 11.9. The third-order valence-electron chi connectivity index (χ3n) is 9.75. The van der Waals surface area contributed by atoms with Crippen LogP contribution in [0.15, 0.2) is 42.5 Å². The zero-order chi connectivity index (χ0) is 30.4. The fourth-order valence-electron chi connectivity index (χ4n) is 7.64. The average molecular weight is 571 g/mol. The Kier molecular flexibility index (Phi) is 7.81. The topological polar surface area (TPSA) is 60.3 Å². The molecule has 0 saturated carbocycles. The quantitative estimate of drug-likeness (QED) is 0.179. The summed E-state index contributed by atoms with van der Waals surface area (Å²) in [5.41, 5.74) is 22.6. The lowest BCUT2D eigenvalue weighted by Gasteiger charge is -2.08. The average Bonchev–Trinajstić information content (AvgIpc) is 3.73. The van der Waals surface area contributed by atoms with Gasteiger partial charge in [-0.25, -0.2) is 4.98 Å². The van der Waals surface area contributed by atoms with Crippen LogP contribution in [-0.4, -0.2) is 19.9 Å². The predicted molar refractivity (Wildman–Crippen MR) is 186 cm³/mol. The molecule has 4 nitrogen and oxygen atoms in total. The van der Waals surface area contributed by atoms with Gasteiger partial charge in [0.25, 0.3) is 0 Å². The number of rotatable bonds is 7. The molecule has 1 aliphatic rings. The van der Waals surface area contributed by atoms with Gasteiger partial charge in [0.05, 0.1) is 22.4 Å². The third kappa shape index (κ3) is 4.54. The zero-order valence-corrected chi connectivity index (χ0v) is 27.2. The first-order valence-electron chi connectivity index (χ1n) is 16.4. The summed E-state index contributed by atoms with van der Waals surface area (Å²) < 4.78 is 0. The van der Waals surface area contributed by atoms with Crippen LogP contribution >= 0.6 is 0 Å². The number of fused-ring (bicyclic) bond motifs is 9. The molecule has 0 atom stereocenters. The number of hydrogen-bond donors (Lipinski definition) is 3. The van der Waals surface area contributed by atoms with Crippen LogP contribution in [0.25, 0.3) is 55.4 Å². The highest BCUT2D eigenvalue weighted by molar-refractivity contribution is 6.03. The maximum absolute atomic E-state index is 5.56. The van der Waals surface area contributed by atoms with Crippen molar-refractivity contribution in [3.63, 3.8) is 0 Å². The summed E-state index contributed by atoms with van der Waals surface area (Å²) in [6.45, 7) is 18.2. The molecule has 222 valence electrons. The molecule has 5 heterocycles. The maximum atomic E-state index is 5.56. The second kappa shape index (κ2) is 11.6. The summed E-state index contributed by atoms with van der Waals surface area (Å²) >= 11 is 0. The summed E-state index contributed by atoms with van der Waals surface area (Å²) in [6.07, 6.45) is 5.81. The van der Waals surface area contributed by atoms with Gasteiger partial charge in [-0.3, -0.25) is 0 Å². The minimum Gasteiger partial charge on any atom is -0.355 e. The second-order valence-electron chi connectivity index (χ2n) is 11.9. The summed E-state index contributed by atoms with van der Waals surface area (Å²) in [4.78, 5) is 17.3. The Bertz CT molecular complexity index is 1990. The Morgan fingerprint density at radius 3 is 1.60 bits per heavy atom. The molecule has 4 aromatic heterocycles. The van der Waals surface area contributed by atoms with Crippen molar-refractivity contribution >= 4 is 44.2 Å². The molecule has 4 heteroatoms. The van der Waals surface area contributed by atoms with Gasteiger partial charge in [-0.1, -0.05) is 71.9 Å². The summed E-state index contributed by atoms with van der Waals surface area (Å²) in [7, 11) is 0. The Morgan fingerprint density at radius 2 is 1.05 bits per heavy atom. The molecule has 1 aromatic carbocycles. The van der Waals surface area contributed by atoms with Crippen molar-refractivity contribution in [3.8, 4) is 11.1 Å². The fourth-order valence-corrected chi connectivity index (χ4v) is 7.64. The van der Waals surface area contributed by atoms with Crippen LogP contribution in [0.5, 0.6) is 0 Å². The van der Waals surface area contributed by atoms with E-state index in [9.17, 15) is 0 Å². The van der Waals surface area contributed by atoms with Crippen molar-refractivity contribution in [1.29, 1.82) is 0 Å². The van der Waals surface area contributed by atoms with Crippen molar-refractivity contribution in [1.82, 2.24) is 19.9 Å². The van der Waals surface area contributed by atoms with Crippen molar-refractivity contribution in [2.24, 2.45) is 0 Å². The molecule has 3 N–H and O–H groups in total. The van der Waals surface area contributed by atoms with Crippen molar-refractivity contribution < 1.29 is 0 Å². The van der Waals surface area contributed by atoms with Gasteiger partial charge in [0.2, 0.25) is 0 Å². The lowest BCUT2D eigenvalue weighted by Crippen LogP contribution is -1.90. The summed E-state index contributed by atoms with van der Waals surface area (Å²) in [5, 5.41) is 0. The lowest BCUT2D eigenvalue weighted by molar-refractivity contribution is 1.07. The van der Waals surface area contributed by atoms with Crippen LogP contribution < -0.4 is 0 Å². The largest absolute Gasteiger partial charge is 0.355 e. The Labute approximate surface area is 256 Å². The molecule has 0 saturated heterocycles. The van der Waals surface area contributed by atoms with E-state index in [1.165, 1.54) is 88.8 Å². The fraction of sp³-hybridized carbons (Fsp3) is 0.359. The normalized spacial score (nSPS) is 12.7. The highest BCUT2D eigenvalue weighted by Gasteiger charge is 2.25. The lowest BCUT2D eigenvalue weighted by atomic mass is 9.95. The highest BCUT2D eigenvalue weighted by atomic mass is 14.8. The van der Waals surface area contributed by atoms with Crippen LogP contribution in [0, 0.1) is 6.92 Å². The number of allylic oxidation sites excluding steroid dienone is 2.